The molecule has 5 atom stereocenters. The molecule has 2 heterocycles. The topological polar surface area (TPSA) is 64.7 Å². The zero-order chi connectivity index (χ0) is 12.0. The highest BCUT2D eigenvalue weighted by molar-refractivity contribution is 5.11. The fraction of sp³-hybridized carbons (Fsp3) is 1.00. The maximum absolute atomic E-state index is 10.8. The first-order chi connectivity index (χ1) is 7.48. The first-order valence-electron chi connectivity index (χ1n) is 6.08. The summed E-state index contributed by atoms with van der Waals surface area (Å²) in [4.78, 5) is 0. The molecule has 2 saturated heterocycles. The molecule has 2 aliphatic rings. The van der Waals surface area contributed by atoms with Crippen molar-refractivity contribution in [2.75, 3.05) is 13.7 Å². The van der Waals surface area contributed by atoms with Crippen LogP contribution in [0.5, 0.6) is 0 Å². The normalized spacial score (nSPS) is 43.3. The average Bonchev–Trinajstić information content (AvgIpc) is 2.87. The maximum Gasteiger partial charge on any atom is 0.0970 e. The lowest BCUT2D eigenvalue weighted by Gasteiger charge is -2.48. The van der Waals surface area contributed by atoms with Crippen LogP contribution in [0, 0.1) is 5.41 Å². The highest BCUT2D eigenvalue weighted by Crippen LogP contribution is 2.54. The van der Waals surface area contributed by atoms with Crippen LogP contribution in [-0.4, -0.2) is 42.7 Å². The highest BCUT2D eigenvalue weighted by Gasteiger charge is 2.62. The smallest absolute Gasteiger partial charge is 0.0970 e. The van der Waals surface area contributed by atoms with E-state index in [4.69, 9.17) is 15.2 Å². The Balaban J connectivity index is 2.28. The Bertz CT molecular complexity index is 269. The quantitative estimate of drug-likeness (QED) is 0.743. The van der Waals surface area contributed by atoms with E-state index in [0.29, 0.717) is 6.54 Å². The number of aliphatic hydroxyl groups is 1. The summed E-state index contributed by atoms with van der Waals surface area (Å²) < 4.78 is 11.2. The molecule has 2 bridgehead atoms. The minimum Gasteiger partial charge on any atom is -0.387 e. The van der Waals surface area contributed by atoms with Crippen molar-refractivity contribution in [1.29, 1.82) is 0 Å². The van der Waals surface area contributed by atoms with Crippen LogP contribution in [0.1, 0.15) is 33.1 Å². The third-order valence-electron chi connectivity index (χ3n) is 4.83. The Morgan fingerprint density at radius 3 is 2.69 bits per heavy atom. The van der Waals surface area contributed by atoms with E-state index in [0.717, 1.165) is 19.3 Å². The van der Waals surface area contributed by atoms with Crippen molar-refractivity contribution < 1.29 is 14.6 Å². The molecular weight excluding hydrogens is 206 g/mol. The van der Waals surface area contributed by atoms with Gasteiger partial charge in [0.05, 0.1) is 23.9 Å². The van der Waals surface area contributed by atoms with Crippen LogP contribution in [0.2, 0.25) is 0 Å². The molecular formula is C12H23NO3. The first-order valence-corrected chi connectivity index (χ1v) is 6.08. The van der Waals surface area contributed by atoms with E-state index < -0.39 is 5.60 Å². The highest BCUT2D eigenvalue weighted by atomic mass is 16.5. The molecule has 16 heavy (non-hydrogen) atoms. The van der Waals surface area contributed by atoms with Gasteiger partial charge in [0.25, 0.3) is 0 Å². The van der Waals surface area contributed by atoms with Crippen LogP contribution in [0.3, 0.4) is 0 Å². The molecule has 2 aliphatic heterocycles. The van der Waals surface area contributed by atoms with Gasteiger partial charge < -0.3 is 20.3 Å². The molecule has 4 nitrogen and oxygen atoms in total. The van der Waals surface area contributed by atoms with Gasteiger partial charge in [-0.25, -0.2) is 0 Å². The van der Waals surface area contributed by atoms with E-state index in [-0.39, 0.29) is 23.7 Å². The second-order valence-electron chi connectivity index (χ2n) is 5.41. The second-order valence-corrected chi connectivity index (χ2v) is 5.41. The zero-order valence-corrected chi connectivity index (χ0v) is 10.4. The molecule has 0 radical (unpaired) electrons. The molecule has 2 fully saturated rings. The zero-order valence-electron chi connectivity index (χ0n) is 10.4. The third-order valence-corrected chi connectivity index (χ3v) is 4.83. The number of nitrogens with two attached hydrogens (primary N) is 1. The Kier molecular flexibility index (Phi) is 3.03. The number of hydrogen-bond acceptors (Lipinski definition) is 4. The van der Waals surface area contributed by atoms with Crippen molar-refractivity contribution in [2.45, 2.75) is 57.0 Å². The maximum atomic E-state index is 10.8. The number of methoxy groups -OCH3 is 1. The number of fused-ring (bicyclic) bond motifs is 2. The van der Waals surface area contributed by atoms with Crippen LogP contribution >= 0.6 is 0 Å². The summed E-state index contributed by atoms with van der Waals surface area (Å²) >= 11 is 0. The Morgan fingerprint density at radius 2 is 2.31 bits per heavy atom. The summed E-state index contributed by atoms with van der Waals surface area (Å²) in [6.45, 7) is 4.18. The summed E-state index contributed by atoms with van der Waals surface area (Å²) in [6.07, 6.45) is 3.10. The van der Waals surface area contributed by atoms with Gasteiger partial charge in [-0.15, -0.1) is 0 Å². The van der Waals surface area contributed by atoms with Crippen LogP contribution in [0.25, 0.3) is 0 Å². The Hall–Kier alpha value is -0.160. The van der Waals surface area contributed by atoms with E-state index in [1.807, 2.05) is 13.8 Å². The van der Waals surface area contributed by atoms with Crippen molar-refractivity contribution in [3.63, 3.8) is 0 Å². The van der Waals surface area contributed by atoms with Crippen molar-refractivity contribution in [1.82, 2.24) is 0 Å². The molecule has 0 aliphatic carbocycles. The molecule has 2 rings (SSSR count). The van der Waals surface area contributed by atoms with Gasteiger partial charge in [0.2, 0.25) is 0 Å². The predicted molar refractivity (Wildman–Crippen MR) is 61.1 cm³/mol. The Labute approximate surface area is 97.1 Å². The fourth-order valence-electron chi connectivity index (χ4n) is 3.39. The molecule has 0 saturated carbocycles. The van der Waals surface area contributed by atoms with Crippen LogP contribution in [0.15, 0.2) is 0 Å². The summed E-state index contributed by atoms with van der Waals surface area (Å²) in [6, 6.07) is 0. The lowest BCUT2D eigenvalue weighted by atomic mass is 9.62. The van der Waals surface area contributed by atoms with Gasteiger partial charge >= 0.3 is 0 Å². The molecule has 94 valence electrons. The SMILES string of the molecule is COC(C)C(C)(O)C1(CN)CC2CCC1O2. The van der Waals surface area contributed by atoms with E-state index in [1.54, 1.807) is 7.11 Å². The van der Waals surface area contributed by atoms with Gasteiger partial charge in [0.1, 0.15) is 0 Å². The second kappa shape index (κ2) is 3.95. The lowest BCUT2D eigenvalue weighted by Crippen LogP contribution is -2.61. The number of hydrogen-bond donors (Lipinski definition) is 2. The van der Waals surface area contributed by atoms with E-state index >= 15 is 0 Å². The van der Waals surface area contributed by atoms with Gasteiger partial charge in [0, 0.05) is 19.1 Å². The van der Waals surface area contributed by atoms with Gasteiger partial charge in [-0.05, 0) is 33.1 Å². The molecule has 0 aromatic carbocycles. The van der Waals surface area contributed by atoms with Gasteiger partial charge in [-0.3, -0.25) is 0 Å². The van der Waals surface area contributed by atoms with Gasteiger partial charge in [-0.1, -0.05) is 0 Å². The van der Waals surface area contributed by atoms with E-state index in [2.05, 4.69) is 0 Å². The van der Waals surface area contributed by atoms with Crippen LogP contribution in [-0.2, 0) is 9.47 Å². The standard InChI is InChI=1S/C12H23NO3/c1-8(15-3)11(2,14)12(7-13)6-9-4-5-10(12)16-9/h8-10,14H,4-7,13H2,1-3H3. The fourth-order valence-corrected chi connectivity index (χ4v) is 3.39. The average molecular weight is 229 g/mol. The molecule has 0 aromatic heterocycles. The van der Waals surface area contributed by atoms with Crippen molar-refractivity contribution in [3.05, 3.63) is 0 Å². The molecule has 3 N–H and O–H groups in total. The molecule has 5 unspecified atom stereocenters. The van der Waals surface area contributed by atoms with Crippen LogP contribution < -0.4 is 5.73 Å². The molecule has 0 amide bonds. The van der Waals surface area contributed by atoms with E-state index in [1.165, 1.54) is 0 Å². The molecule has 0 aromatic rings. The van der Waals surface area contributed by atoms with Crippen molar-refractivity contribution in [2.24, 2.45) is 11.1 Å². The minimum absolute atomic E-state index is 0.0927. The van der Waals surface area contributed by atoms with E-state index in [9.17, 15) is 5.11 Å². The van der Waals surface area contributed by atoms with Gasteiger partial charge in [-0.2, -0.15) is 0 Å². The van der Waals surface area contributed by atoms with Gasteiger partial charge in [0.15, 0.2) is 0 Å². The summed E-state index contributed by atoms with van der Waals surface area (Å²) in [5.41, 5.74) is 4.66. The summed E-state index contributed by atoms with van der Waals surface area (Å²) in [5.74, 6) is 0. The minimum atomic E-state index is -0.934. The predicted octanol–water partition coefficient (Wildman–Crippen LogP) is 0.669. The largest absolute Gasteiger partial charge is 0.387 e. The van der Waals surface area contributed by atoms with Crippen molar-refractivity contribution >= 4 is 0 Å². The monoisotopic (exact) mass is 229 g/mol. The number of rotatable bonds is 4. The molecule has 0 spiro atoms. The summed E-state index contributed by atoms with van der Waals surface area (Å²) in [7, 11) is 1.62. The Morgan fingerprint density at radius 1 is 1.62 bits per heavy atom. The number of ether oxygens (including phenoxy) is 2. The first kappa shape index (κ1) is 12.3. The van der Waals surface area contributed by atoms with Crippen molar-refractivity contribution in [3.8, 4) is 0 Å². The lowest BCUT2D eigenvalue weighted by molar-refractivity contribution is -0.167. The third kappa shape index (κ3) is 1.44. The van der Waals surface area contributed by atoms with Crippen LogP contribution in [0.4, 0.5) is 0 Å². The summed E-state index contributed by atoms with van der Waals surface area (Å²) in [5, 5.41) is 10.8. The molecule has 4 heteroatoms.